The molecule has 4 aromatic rings. The van der Waals surface area contributed by atoms with Gasteiger partial charge in [-0.25, -0.2) is 4.39 Å². The number of nitrogens with zero attached hydrogens (tertiary/aromatic N) is 1. The summed E-state index contributed by atoms with van der Waals surface area (Å²) in [5, 5.41) is 9.04. The summed E-state index contributed by atoms with van der Waals surface area (Å²) in [6, 6.07) is 18.1. The maximum atomic E-state index is 15.5. The number of rotatable bonds is 9. The number of ether oxygens (including phenoxy) is 1. The molecule has 1 aliphatic heterocycles. The van der Waals surface area contributed by atoms with E-state index in [-0.39, 0.29) is 35.4 Å². The van der Waals surface area contributed by atoms with E-state index in [0.717, 1.165) is 34.2 Å². The fourth-order valence-electron chi connectivity index (χ4n) is 5.59. The van der Waals surface area contributed by atoms with E-state index in [1.54, 1.807) is 25.4 Å². The highest BCUT2D eigenvalue weighted by molar-refractivity contribution is 6.05. The van der Waals surface area contributed by atoms with Crippen LogP contribution in [-0.2, 0) is 18.4 Å². The number of halogens is 1. The molecule has 1 atom stereocenters. The number of nitrogens with one attached hydrogen (secondary N) is 3. The Balaban J connectivity index is 1.42. The third kappa shape index (κ3) is 6.22. The zero-order valence-electron chi connectivity index (χ0n) is 24.7. The predicted octanol–water partition coefficient (Wildman–Crippen LogP) is 5.10. The van der Waals surface area contributed by atoms with Gasteiger partial charge in [-0.1, -0.05) is 30.3 Å². The molecular formula is C34H35FN4O4. The van der Waals surface area contributed by atoms with Crippen molar-refractivity contribution in [2.24, 2.45) is 7.05 Å². The lowest BCUT2D eigenvalue weighted by atomic mass is 9.90. The summed E-state index contributed by atoms with van der Waals surface area (Å²) in [6.45, 7) is 4.73. The molecule has 8 nitrogen and oxygen atoms in total. The normalized spacial score (nSPS) is 14.4. The Kier molecular flexibility index (Phi) is 8.73. The largest absolute Gasteiger partial charge is 0.496 e. The summed E-state index contributed by atoms with van der Waals surface area (Å²) >= 11 is 0. The average molecular weight is 583 g/mol. The van der Waals surface area contributed by atoms with E-state index in [1.165, 1.54) is 23.8 Å². The van der Waals surface area contributed by atoms with Gasteiger partial charge >= 0.3 is 0 Å². The number of aryl methyl sites for hydroxylation is 1. The molecule has 2 heterocycles. The molecule has 222 valence electrons. The van der Waals surface area contributed by atoms with E-state index in [9.17, 15) is 14.4 Å². The standard InChI is InChI=1S/C34H35FN4O4/c1-20-24(22-16-29(35)28(31(17-22)43-4)19-36-18-23-13-14-32(40)37-23)8-5-9-25(20)26-10-6-12-30(21(26)2)38-33(41)27-11-7-15-39(3)34(27)42/h5-12,15-17,23,36H,13-14,18-19H2,1-4H3,(H,37,40)(H,38,41)/t23-/m1/s1. The van der Waals surface area contributed by atoms with Crippen LogP contribution in [0.3, 0.4) is 0 Å². The van der Waals surface area contributed by atoms with E-state index in [0.29, 0.717) is 35.5 Å². The van der Waals surface area contributed by atoms with Gasteiger partial charge in [0.05, 0.1) is 7.11 Å². The summed E-state index contributed by atoms with van der Waals surface area (Å²) in [7, 11) is 3.13. The first-order valence-electron chi connectivity index (χ1n) is 14.2. The number of amides is 2. The highest BCUT2D eigenvalue weighted by atomic mass is 19.1. The number of carbonyl (C=O) groups is 2. The molecule has 2 amide bonds. The fraction of sp³-hybridized carbons (Fsp3) is 0.265. The smallest absolute Gasteiger partial charge is 0.263 e. The molecule has 0 unspecified atom stereocenters. The van der Waals surface area contributed by atoms with Crippen LogP contribution in [0, 0.1) is 19.7 Å². The van der Waals surface area contributed by atoms with Crippen molar-refractivity contribution in [1.29, 1.82) is 0 Å². The Morgan fingerprint density at radius 3 is 2.47 bits per heavy atom. The lowest BCUT2D eigenvalue weighted by molar-refractivity contribution is -0.119. The molecule has 3 aromatic carbocycles. The molecule has 1 aliphatic rings. The van der Waals surface area contributed by atoms with Gasteiger partial charge in [0.2, 0.25) is 5.91 Å². The number of anilines is 1. The van der Waals surface area contributed by atoms with Gasteiger partial charge in [0.15, 0.2) is 0 Å². The lowest BCUT2D eigenvalue weighted by Gasteiger charge is -2.18. The Labute approximate surface area is 249 Å². The second-order valence-corrected chi connectivity index (χ2v) is 10.8. The summed E-state index contributed by atoms with van der Waals surface area (Å²) in [4.78, 5) is 36.9. The molecule has 1 aromatic heterocycles. The van der Waals surface area contributed by atoms with Crippen LogP contribution in [0.2, 0.25) is 0 Å². The maximum absolute atomic E-state index is 15.5. The van der Waals surface area contributed by atoms with E-state index < -0.39 is 5.91 Å². The number of aromatic nitrogens is 1. The van der Waals surface area contributed by atoms with Gasteiger partial charge < -0.3 is 25.3 Å². The van der Waals surface area contributed by atoms with Gasteiger partial charge in [0.25, 0.3) is 11.5 Å². The minimum atomic E-state index is -0.475. The predicted molar refractivity (Wildman–Crippen MR) is 166 cm³/mol. The van der Waals surface area contributed by atoms with Crippen molar-refractivity contribution in [3.63, 3.8) is 0 Å². The lowest BCUT2D eigenvalue weighted by Crippen LogP contribution is -2.35. The van der Waals surface area contributed by atoms with Gasteiger partial charge in [-0.3, -0.25) is 14.4 Å². The van der Waals surface area contributed by atoms with Crippen molar-refractivity contribution in [3.8, 4) is 28.0 Å². The Bertz CT molecular complexity index is 1760. The molecular weight excluding hydrogens is 547 g/mol. The molecule has 0 saturated carbocycles. The van der Waals surface area contributed by atoms with Crippen LogP contribution in [0.15, 0.2) is 71.7 Å². The molecule has 1 fully saturated rings. The Morgan fingerprint density at radius 1 is 1.02 bits per heavy atom. The summed E-state index contributed by atoms with van der Waals surface area (Å²) in [5.74, 6) is -0.369. The third-order valence-electron chi connectivity index (χ3n) is 8.04. The zero-order valence-corrected chi connectivity index (χ0v) is 24.7. The molecule has 0 bridgehead atoms. The van der Waals surface area contributed by atoms with Crippen molar-refractivity contribution in [1.82, 2.24) is 15.2 Å². The highest BCUT2D eigenvalue weighted by Gasteiger charge is 2.21. The van der Waals surface area contributed by atoms with Gasteiger partial charge in [0, 0.05) is 50.0 Å². The van der Waals surface area contributed by atoms with Crippen LogP contribution in [0.4, 0.5) is 10.1 Å². The molecule has 0 radical (unpaired) electrons. The quantitative estimate of drug-likeness (QED) is 0.255. The minimum absolute atomic E-state index is 0.0449. The van der Waals surface area contributed by atoms with E-state index in [2.05, 4.69) is 16.0 Å². The van der Waals surface area contributed by atoms with E-state index in [1.807, 2.05) is 50.2 Å². The monoisotopic (exact) mass is 582 g/mol. The van der Waals surface area contributed by atoms with Crippen molar-refractivity contribution in [2.45, 2.75) is 39.3 Å². The van der Waals surface area contributed by atoms with Gasteiger partial charge in [-0.2, -0.15) is 0 Å². The third-order valence-corrected chi connectivity index (χ3v) is 8.04. The molecule has 0 spiro atoms. The highest BCUT2D eigenvalue weighted by Crippen LogP contribution is 2.37. The van der Waals surface area contributed by atoms with Crippen LogP contribution in [0.1, 0.15) is 39.9 Å². The molecule has 1 saturated heterocycles. The Morgan fingerprint density at radius 2 is 1.74 bits per heavy atom. The average Bonchev–Trinajstić information content (AvgIpc) is 3.41. The Hall–Kier alpha value is -4.76. The topological polar surface area (TPSA) is 101 Å². The number of methoxy groups -OCH3 is 1. The van der Waals surface area contributed by atoms with Crippen molar-refractivity contribution < 1.29 is 18.7 Å². The minimum Gasteiger partial charge on any atom is -0.496 e. The van der Waals surface area contributed by atoms with Crippen LogP contribution >= 0.6 is 0 Å². The molecule has 0 aliphatic carbocycles. The zero-order chi connectivity index (χ0) is 30.7. The molecule has 3 N–H and O–H groups in total. The fourth-order valence-corrected chi connectivity index (χ4v) is 5.59. The second kappa shape index (κ2) is 12.6. The number of carbonyl (C=O) groups excluding carboxylic acids is 2. The number of benzene rings is 3. The first-order valence-corrected chi connectivity index (χ1v) is 14.2. The van der Waals surface area contributed by atoms with Crippen molar-refractivity contribution in [3.05, 3.63) is 105 Å². The molecule has 5 rings (SSSR count). The number of hydrogen-bond donors (Lipinski definition) is 3. The molecule has 43 heavy (non-hydrogen) atoms. The summed E-state index contributed by atoms with van der Waals surface area (Å²) in [5.41, 5.74) is 5.87. The molecule has 9 heteroatoms. The SMILES string of the molecule is COc1cc(-c2cccc(-c3cccc(NC(=O)c4cccn(C)c4=O)c3C)c2C)cc(F)c1CNC[C@H]1CCC(=O)N1. The van der Waals surface area contributed by atoms with Gasteiger partial charge in [-0.05, 0) is 84.0 Å². The van der Waals surface area contributed by atoms with Crippen molar-refractivity contribution >= 4 is 17.5 Å². The van der Waals surface area contributed by atoms with E-state index >= 15 is 4.39 Å². The summed E-state index contributed by atoms with van der Waals surface area (Å²) < 4.78 is 22.4. The second-order valence-electron chi connectivity index (χ2n) is 10.8. The first-order chi connectivity index (χ1) is 20.7. The van der Waals surface area contributed by atoms with Gasteiger partial charge in [0.1, 0.15) is 17.1 Å². The van der Waals surface area contributed by atoms with Crippen molar-refractivity contribution in [2.75, 3.05) is 19.0 Å². The maximum Gasteiger partial charge on any atom is 0.263 e. The van der Waals surface area contributed by atoms with Gasteiger partial charge in [-0.15, -0.1) is 0 Å². The number of pyridine rings is 1. The van der Waals surface area contributed by atoms with Crippen LogP contribution < -0.4 is 26.2 Å². The van der Waals surface area contributed by atoms with Crippen LogP contribution in [-0.4, -0.2) is 36.1 Å². The van der Waals surface area contributed by atoms with E-state index in [4.69, 9.17) is 4.74 Å². The van der Waals surface area contributed by atoms with Crippen LogP contribution in [0.25, 0.3) is 22.3 Å². The summed E-state index contributed by atoms with van der Waals surface area (Å²) in [6.07, 6.45) is 2.89. The van der Waals surface area contributed by atoms with Crippen LogP contribution in [0.5, 0.6) is 5.75 Å². The first kappa shape index (κ1) is 29.7. The number of hydrogen-bond acceptors (Lipinski definition) is 5.